The maximum Gasteiger partial charge on any atom is 0.354 e. The molecule has 0 radical (unpaired) electrons. The molecular weight excluding hydrogens is 403 g/mol. The molecule has 1 fully saturated rings. The minimum atomic E-state index is -1.20. The third kappa shape index (κ3) is 4.35. The molecule has 31 heavy (non-hydrogen) atoms. The third-order valence-electron chi connectivity index (χ3n) is 5.30. The van der Waals surface area contributed by atoms with Crippen LogP contribution in [0.5, 0.6) is 0 Å². The van der Waals surface area contributed by atoms with Crippen LogP contribution in [0.1, 0.15) is 35.4 Å². The smallest absolute Gasteiger partial charge is 0.354 e. The van der Waals surface area contributed by atoms with Crippen LogP contribution < -0.4 is 0 Å². The number of pyridine rings is 1. The number of fused-ring (bicyclic) bond motifs is 1. The molecular formula is C21H19FN6O3. The highest BCUT2D eigenvalue weighted by Crippen LogP contribution is 2.24. The van der Waals surface area contributed by atoms with Gasteiger partial charge in [-0.15, -0.1) is 0 Å². The Hall–Kier alpha value is -3.87. The van der Waals surface area contributed by atoms with E-state index < -0.39 is 11.8 Å². The molecule has 3 aromatic rings. The highest BCUT2D eigenvalue weighted by atomic mass is 19.1. The van der Waals surface area contributed by atoms with E-state index >= 15 is 0 Å². The number of nitrogens with zero attached hydrogens (tertiary/aromatic N) is 6. The van der Waals surface area contributed by atoms with Gasteiger partial charge in [-0.2, -0.15) is 5.26 Å². The molecule has 0 aliphatic carbocycles. The predicted molar refractivity (Wildman–Crippen MR) is 106 cm³/mol. The molecule has 1 aliphatic rings. The molecule has 0 bridgehead atoms. The van der Waals surface area contributed by atoms with Gasteiger partial charge in [0.25, 0.3) is 0 Å². The maximum absolute atomic E-state index is 13.7. The Morgan fingerprint density at radius 1 is 1.32 bits per heavy atom. The fourth-order valence-corrected chi connectivity index (χ4v) is 3.88. The average molecular weight is 422 g/mol. The number of likely N-dealkylation sites (tertiary alicyclic amines) is 1. The van der Waals surface area contributed by atoms with E-state index in [4.69, 9.17) is 5.26 Å². The Morgan fingerprint density at radius 3 is 2.94 bits per heavy atom. The molecule has 9 nitrogen and oxygen atoms in total. The summed E-state index contributed by atoms with van der Waals surface area (Å²) in [6, 6.07) is 6.10. The zero-order valence-corrected chi connectivity index (χ0v) is 16.5. The minimum absolute atomic E-state index is 0.0837. The first kappa shape index (κ1) is 20.4. The number of rotatable bonds is 5. The summed E-state index contributed by atoms with van der Waals surface area (Å²) >= 11 is 0. The average Bonchev–Trinajstić information content (AvgIpc) is 3.17. The van der Waals surface area contributed by atoms with E-state index in [0.717, 1.165) is 12.8 Å². The normalized spacial score (nSPS) is 16.3. The summed E-state index contributed by atoms with van der Waals surface area (Å²) in [7, 11) is 0. The number of imidazole rings is 1. The number of aromatic carboxylic acids is 1. The zero-order chi connectivity index (χ0) is 22.0. The lowest BCUT2D eigenvalue weighted by Crippen LogP contribution is -2.40. The van der Waals surface area contributed by atoms with Crippen LogP contribution in [0.2, 0.25) is 0 Å². The number of hydrogen-bond acceptors (Lipinski definition) is 6. The van der Waals surface area contributed by atoms with Crippen molar-refractivity contribution < 1.29 is 19.1 Å². The van der Waals surface area contributed by atoms with Crippen molar-refractivity contribution in [3.8, 4) is 17.6 Å². The van der Waals surface area contributed by atoms with Gasteiger partial charge in [-0.3, -0.25) is 9.20 Å². The number of carbonyl (C=O) groups is 2. The summed E-state index contributed by atoms with van der Waals surface area (Å²) in [6.07, 6.45) is 4.68. The van der Waals surface area contributed by atoms with Crippen molar-refractivity contribution in [1.82, 2.24) is 24.3 Å². The van der Waals surface area contributed by atoms with Crippen molar-refractivity contribution in [3.63, 3.8) is 0 Å². The van der Waals surface area contributed by atoms with Crippen LogP contribution in [0.15, 0.2) is 30.6 Å². The summed E-state index contributed by atoms with van der Waals surface area (Å²) in [5.74, 6) is -1.64. The van der Waals surface area contributed by atoms with Crippen molar-refractivity contribution in [2.24, 2.45) is 5.92 Å². The largest absolute Gasteiger partial charge is 0.477 e. The highest BCUT2D eigenvalue weighted by Gasteiger charge is 2.25. The zero-order valence-electron chi connectivity index (χ0n) is 16.5. The van der Waals surface area contributed by atoms with Crippen molar-refractivity contribution in [1.29, 1.82) is 5.26 Å². The number of halogens is 1. The molecule has 4 rings (SSSR count). The van der Waals surface area contributed by atoms with Gasteiger partial charge in [0.1, 0.15) is 23.6 Å². The number of amides is 1. The molecule has 158 valence electrons. The fraction of sp³-hybridized carbons (Fsp3) is 0.333. The lowest BCUT2D eigenvalue weighted by atomic mass is 9.93. The summed E-state index contributed by atoms with van der Waals surface area (Å²) in [4.78, 5) is 38.2. The molecule has 1 amide bonds. The number of carbonyl (C=O) groups excluding carboxylic acids is 1. The van der Waals surface area contributed by atoms with Gasteiger partial charge in [0.05, 0.1) is 12.3 Å². The Bertz CT molecular complexity index is 1200. The minimum Gasteiger partial charge on any atom is -0.477 e. The van der Waals surface area contributed by atoms with Crippen LogP contribution >= 0.6 is 0 Å². The molecule has 0 saturated carbocycles. The SMILES string of the molecule is N#CCC(=O)N1CCC[C@@H](Cc2cc(C(=O)O)nc(-c3cnc4ccc(F)cn34)n2)C1. The molecule has 0 unspecified atom stereocenters. The van der Waals surface area contributed by atoms with Crippen molar-refractivity contribution in [2.75, 3.05) is 13.1 Å². The molecule has 4 heterocycles. The number of nitriles is 1. The summed E-state index contributed by atoms with van der Waals surface area (Å²) in [5.41, 5.74) is 1.22. The molecule has 3 aromatic heterocycles. The van der Waals surface area contributed by atoms with Gasteiger partial charge in [0.2, 0.25) is 5.91 Å². The monoisotopic (exact) mass is 422 g/mol. The standard InChI is InChI=1S/C21H19FN6O3/c22-14-3-4-18-24-10-17(28(18)12-14)20-25-15(9-16(26-20)21(30)31)8-13-2-1-7-27(11-13)19(29)5-6-23/h3-4,9-10,12-13H,1-2,5,7-8,11H2,(H,30,31)/t13-/m0/s1. The van der Waals surface area contributed by atoms with Gasteiger partial charge in [-0.1, -0.05) is 0 Å². The molecule has 1 N–H and O–H groups in total. The third-order valence-corrected chi connectivity index (χ3v) is 5.30. The van der Waals surface area contributed by atoms with E-state index in [-0.39, 0.29) is 29.8 Å². The van der Waals surface area contributed by atoms with Gasteiger partial charge in [-0.25, -0.2) is 24.1 Å². The van der Waals surface area contributed by atoms with E-state index in [1.165, 1.54) is 35.0 Å². The van der Waals surface area contributed by atoms with Crippen molar-refractivity contribution in [2.45, 2.75) is 25.7 Å². The number of carboxylic acids is 1. The number of hydrogen-bond donors (Lipinski definition) is 1. The number of piperidine rings is 1. The van der Waals surface area contributed by atoms with Gasteiger partial charge in [-0.05, 0) is 43.4 Å². The van der Waals surface area contributed by atoms with Gasteiger partial charge in [0.15, 0.2) is 11.5 Å². The van der Waals surface area contributed by atoms with Gasteiger partial charge in [0, 0.05) is 25.0 Å². The Labute approximate surface area is 176 Å². The maximum atomic E-state index is 13.7. The summed E-state index contributed by atoms with van der Waals surface area (Å²) < 4.78 is 15.2. The van der Waals surface area contributed by atoms with E-state index in [1.807, 2.05) is 6.07 Å². The first-order chi connectivity index (χ1) is 14.9. The first-order valence-electron chi connectivity index (χ1n) is 9.83. The van der Waals surface area contributed by atoms with Crippen LogP contribution in [0.3, 0.4) is 0 Å². The summed E-state index contributed by atoms with van der Waals surface area (Å²) in [5, 5.41) is 18.3. The lowest BCUT2D eigenvalue weighted by Gasteiger charge is -2.32. The summed E-state index contributed by atoms with van der Waals surface area (Å²) in [6.45, 7) is 1.10. The molecule has 1 saturated heterocycles. The molecule has 0 spiro atoms. The van der Waals surface area contributed by atoms with Gasteiger partial charge < -0.3 is 10.0 Å². The van der Waals surface area contributed by atoms with Gasteiger partial charge >= 0.3 is 5.97 Å². The molecule has 1 aliphatic heterocycles. The van der Waals surface area contributed by atoms with Crippen molar-refractivity contribution in [3.05, 3.63) is 47.8 Å². The highest BCUT2D eigenvalue weighted by molar-refractivity contribution is 5.86. The van der Waals surface area contributed by atoms with E-state index in [2.05, 4.69) is 15.0 Å². The van der Waals surface area contributed by atoms with E-state index in [9.17, 15) is 19.1 Å². The quantitative estimate of drug-likeness (QED) is 0.669. The number of carboxylic acid groups (broad SMARTS) is 1. The Morgan fingerprint density at radius 2 is 2.16 bits per heavy atom. The Balaban J connectivity index is 1.65. The van der Waals surface area contributed by atoms with E-state index in [0.29, 0.717) is 36.5 Å². The molecule has 10 heteroatoms. The number of aromatic nitrogens is 4. The topological polar surface area (TPSA) is 124 Å². The first-order valence-corrected chi connectivity index (χ1v) is 9.83. The predicted octanol–water partition coefficient (Wildman–Crippen LogP) is 2.32. The lowest BCUT2D eigenvalue weighted by molar-refractivity contribution is -0.131. The second-order valence-electron chi connectivity index (χ2n) is 7.48. The van der Waals surface area contributed by atoms with Crippen LogP contribution in [0.4, 0.5) is 4.39 Å². The van der Waals surface area contributed by atoms with Crippen LogP contribution in [-0.2, 0) is 11.2 Å². The van der Waals surface area contributed by atoms with Crippen LogP contribution in [0.25, 0.3) is 17.2 Å². The van der Waals surface area contributed by atoms with Crippen LogP contribution in [0, 0.1) is 23.1 Å². The fourth-order valence-electron chi connectivity index (χ4n) is 3.88. The second kappa shape index (κ2) is 8.47. The Kier molecular flexibility index (Phi) is 5.58. The van der Waals surface area contributed by atoms with Crippen LogP contribution in [-0.4, -0.2) is 54.3 Å². The van der Waals surface area contributed by atoms with Crippen molar-refractivity contribution >= 4 is 17.5 Å². The van der Waals surface area contributed by atoms with E-state index in [1.54, 1.807) is 4.90 Å². The molecule has 0 aromatic carbocycles. The second-order valence-corrected chi connectivity index (χ2v) is 7.48. The molecule has 1 atom stereocenters.